The molecule has 2 heteroatoms. The van der Waals surface area contributed by atoms with Gasteiger partial charge in [-0.3, -0.25) is 0 Å². The van der Waals surface area contributed by atoms with Crippen LogP contribution in [0.25, 0.3) is 0 Å². The summed E-state index contributed by atoms with van der Waals surface area (Å²) >= 11 is 0. The van der Waals surface area contributed by atoms with Crippen LogP contribution in [0, 0.1) is 5.92 Å². The topological polar surface area (TPSA) is 35.2 Å². The predicted molar refractivity (Wildman–Crippen MR) is 59.5 cm³/mol. The van der Waals surface area contributed by atoms with Crippen molar-refractivity contribution in [3.8, 4) is 5.75 Å². The van der Waals surface area contributed by atoms with E-state index >= 15 is 0 Å². The summed E-state index contributed by atoms with van der Waals surface area (Å²) in [6, 6.07) is 8.24. The molecule has 2 nitrogen and oxygen atoms in total. The third kappa shape index (κ3) is 3.38. The van der Waals surface area contributed by atoms with Crippen molar-refractivity contribution >= 4 is 0 Å². The molecule has 78 valence electrons. The van der Waals surface area contributed by atoms with Crippen molar-refractivity contribution < 1.29 is 4.74 Å². The molecule has 0 bridgehead atoms. The van der Waals surface area contributed by atoms with Gasteiger partial charge in [-0.05, 0) is 43.0 Å². The summed E-state index contributed by atoms with van der Waals surface area (Å²) < 4.78 is 5.10. The Balaban J connectivity index is 2.50. The van der Waals surface area contributed by atoms with Gasteiger partial charge in [0.15, 0.2) is 0 Å². The van der Waals surface area contributed by atoms with Gasteiger partial charge in [-0.15, -0.1) is 0 Å². The van der Waals surface area contributed by atoms with Crippen molar-refractivity contribution in [3.05, 3.63) is 29.8 Å². The summed E-state index contributed by atoms with van der Waals surface area (Å²) in [6.45, 7) is 3.01. The zero-order valence-corrected chi connectivity index (χ0v) is 8.99. The molecule has 2 N–H and O–H groups in total. The second-order valence-corrected chi connectivity index (χ2v) is 3.73. The van der Waals surface area contributed by atoms with Crippen LogP contribution in [0.4, 0.5) is 0 Å². The van der Waals surface area contributed by atoms with Crippen LogP contribution in [-0.2, 0) is 6.42 Å². The normalized spacial score (nSPS) is 12.5. The summed E-state index contributed by atoms with van der Waals surface area (Å²) in [6.07, 6.45) is 2.19. The van der Waals surface area contributed by atoms with Crippen LogP contribution in [0.3, 0.4) is 0 Å². The van der Waals surface area contributed by atoms with Crippen LogP contribution in [0.2, 0.25) is 0 Å². The molecule has 0 heterocycles. The van der Waals surface area contributed by atoms with E-state index in [-0.39, 0.29) is 0 Å². The van der Waals surface area contributed by atoms with Gasteiger partial charge in [0.2, 0.25) is 0 Å². The first-order valence-electron chi connectivity index (χ1n) is 5.09. The zero-order valence-electron chi connectivity index (χ0n) is 8.99. The highest BCUT2D eigenvalue weighted by molar-refractivity contribution is 5.27. The third-order valence-electron chi connectivity index (χ3n) is 2.40. The summed E-state index contributed by atoms with van der Waals surface area (Å²) in [5.41, 5.74) is 6.86. The SMILES string of the molecule is COc1ccc(CC(C)CCN)cc1. The van der Waals surface area contributed by atoms with E-state index in [9.17, 15) is 0 Å². The molecule has 1 aromatic carbocycles. The van der Waals surface area contributed by atoms with Gasteiger partial charge in [0.1, 0.15) is 5.75 Å². The van der Waals surface area contributed by atoms with Crippen LogP contribution in [0.5, 0.6) is 5.75 Å². The average molecular weight is 193 g/mol. The van der Waals surface area contributed by atoms with E-state index in [1.165, 1.54) is 5.56 Å². The molecular formula is C12H19NO. The lowest BCUT2D eigenvalue weighted by Crippen LogP contribution is -2.07. The van der Waals surface area contributed by atoms with Gasteiger partial charge in [0, 0.05) is 0 Å². The Morgan fingerprint density at radius 2 is 1.93 bits per heavy atom. The minimum atomic E-state index is 0.661. The quantitative estimate of drug-likeness (QED) is 0.778. The molecule has 0 amide bonds. The second kappa shape index (κ2) is 5.66. The third-order valence-corrected chi connectivity index (χ3v) is 2.40. The highest BCUT2D eigenvalue weighted by atomic mass is 16.5. The fourth-order valence-electron chi connectivity index (χ4n) is 1.55. The molecule has 0 aromatic heterocycles. The van der Waals surface area contributed by atoms with Crippen LogP contribution < -0.4 is 10.5 Å². The molecule has 0 aliphatic heterocycles. The number of methoxy groups -OCH3 is 1. The first-order valence-corrected chi connectivity index (χ1v) is 5.09. The Labute approximate surface area is 86.1 Å². The largest absolute Gasteiger partial charge is 0.497 e. The maximum absolute atomic E-state index is 5.51. The molecular weight excluding hydrogens is 174 g/mol. The molecule has 0 spiro atoms. The van der Waals surface area contributed by atoms with Crippen molar-refractivity contribution in [2.45, 2.75) is 19.8 Å². The zero-order chi connectivity index (χ0) is 10.4. The van der Waals surface area contributed by atoms with Crippen LogP contribution in [0.1, 0.15) is 18.9 Å². The van der Waals surface area contributed by atoms with Crippen molar-refractivity contribution in [1.29, 1.82) is 0 Å². The predicted octanol–water partition coefficient (Wildman–Crippen LogP) is 2.22. The molecule has 0 fully saturated rings. The van der Waals surface area contributed by atoms with E-state index in [0.29, 0.717) is 5.92 Å². The smallest absolute Gasteiger partial charge is 0.118 e. The van der Waals surface area contributed by atoms with E-state index in [0.717, 1.165) is 25.1 Å². The van der Waals surface area contributed by atoms with Gasteiger partial charge in [-0.2, -0.15) is 0 Å². The Morgan fingerprint density at radius 3 is 2.43 bits per heavy atom. The van der Waals surface area contributed by atoms with Crippen molar-refractivity contribution in [2.75, 3.05) is 13.7 Å². The number of ether oxygens (including phenoxy) is 1. The van der Waals surface area contributed by atoms with Gasteiger partial charge in [0.05, 0.1) is 7.11 Å². The Bertz CT molecular complexity index is 256. The second-order valence-electron chi connectivity index (χ2n) is 3.73. The maximum Gasteiger partial charge on any atom is 0.118 e. The van der Waals surface area contributed by atoms with Gasteiger partial charge in [0.25, 0.3) is 0 Å². The Hall–Kier alpha value is -1.02. The molecule has 1 unspecified atom stereocenters. The minimum Gasteiger partial charge on any atom is -0.497 e. The molecule has 14 heavy (non-hydrogen) atoms. The molecule has 1 aromatic rings. The van der Waals surface area contributed by atoms with Crippen LogP contribution >= 0.6 is 0 Å². The van der Waals surface area contributed by atoms with Gasteiger partial charge >= 0.3 is 0 Å². The number of hydrogen-bond donors (Lipinski definition) is 1. The summed E-state index contributed by atoms with van der Waals surface area (Å²) in [5, 5.41) is 0. The fraction of sp³-hybridized carbons (Fsp3) is 0.500. The molecule has 0 radical (unpaired) electrons. The van der Waals surface area contributed by atoms with Crippen LogP contribution in [-0.4, -0.2) is 13.7 Å². The lowest BCUT2D eigenvalue weighted by Gasteiger charge is -2.10. The lowest BCUT2D eigenvalue weighted by molar-refractivity contribution is 0.414. The summed E-state index contributed by atoms with van der Waals surface area (Å²) in [4.78, 5) is 0. The number of rotatable bonds is 5. The molecule has 0 saturated carbocycles. The first-order chi connectivity index (χ1) is 6.76. The van der Waals surface area contributed by atoms with E-state index < -0.39 is 0 Å². The van der Waals surface area contributed by atoms with E-state index in [1.54, 1.807) is 7.11 Å². The molecule has 0 saturated heterocycles. The van der Waals surface area contributed by atoms with Crippen LogP contribution in [0.15, 0.2) is 24.3 Å². The molecule has 1 atom stereocenters. The van der Waals surface area contributed by atoms with Gasteiger partial charge in [-0.1, -0.05) is 19.1 Å². The highest BCUT2D eigenvalue weighted by Gasteiger charge is 2.02. The Morgan fingerprint density at radius 1 is 1.29 bits per heavy atom. The van der Waals surface area contributed by atoms with E-state index in [1.807, 2.05) is 12.1 Å². The van der Waals surface area contributed by atoms with E-state index in [4.69, 9.17) is 10.5 Å². The maximum atomic E-state index is 5.51. The van der Waals surface area contributed by atoms with Crippen molar-refractivity contribution in [1.82, 2.24) is 0 Å². The monoisotopic (exact) mass is 193 g/mol. The summed E-state index contributed by atoms with van der Waals surface area (Å²) in [7, 11) is 1.69. The minimum absolute atomic E-state index is 0.661. The fourth-order valence-corrected chi connectivity index (χ4v) is 1.55. The molecule has 1 rings (SSSR count). The molecule has 0 aliphatic rings. The van der Waals surface area contributed by atoms with Crippen molar-refractivity contribution in [3.63, 3.8) is 0 Å². The number of benzene rings is 1. The lowest BCUT2D eigenvalue weighted by atomic mass is 9.98. The highest BCUT2D eigenvalue weighted by Crippen LogP contribution is 2.15. The summed E-state index contributed by atoms with van der Waals surface area (Å²) in [5.74, 6) is 1.58. The van der Waals surface area contributed by atoms with E-state index in [2.05, 4.69) is 19.1 Å². The average Bonchev–Trinajstić information content (AvgIpc) is 2.19. The number of nitrogens with two attached hydrogens (primary N) is 1. The Kier molecular flexibility index (Phi) is 4.47. The standard InChI is InChI=1S/C12H19NO/c1-10(7-8-13)9-11-3-5-12(14-2)6-4-11/h3-6,10H,7-9,13H2,1-2H3. The number of hydrogen-bond acceptors (Lipinski definition) is 2. The first kappa shape index (κ1) is 11.1. The van der Waals surface area contributed by atoms with Crippen molar-refractivity contribution in [2.24, 2.45) is 11.7 Å². The van der Waals surface area contributed by atoms with Gasteiger partial charge < -0.3 is 10.5 Å². The van der Waals surface area contributed by atoms with Gasteiger partial charge in [-0.25, -0.2) is 0 Å². The molecule has 0 aliphatic carbocycles.